The number of rotatable bonds is 0. The van der Waals surface area contributed by atoms with Crippen molar-refractivity contribution in [3.05, 3.63) is 12.2 Å². The van der Waals surface area contributed by atoms with Gasteiger partial charge in [0, 0.05) is 6.54 Å². The predicted octanol–water partition coefficient (Wildman–Crippen LogP) is 1.47. The van der Waals surface area contributed by atoms with E-state index in [0.29, 0.717) is 0 Å². The zero-order valence-corrected chi connectivity index (χ0v) is 9.83. The fourth-order valence-electron chi connectivity index (χ4n) is 4.17. The van der Waals surface area contributed by atoms with Gasteiger partial charge in [0.05, 0.1) is 17.1 Å². The number of piperidine rings is 1. The van der Waals surface area contributed by atoms with Crippen LogP contribution in [-0.4, -0.2) is 33.6 Å². The van der Waals surface area contributed by atoms with E-state index in [1.807, 2.05) is 11.8 Å². The van der Waals surface area contributed by atoms with Gasteiger partial charge < -0.3 is 10.0 Å². The van der Waals surface area contributed by atoms with Crippen LogP contribution in [0.4, 0.5) is 0 Å². The molecular formula is C13H19NO2. The lowest BCUT2D eigenvalue weighted by Crippen LogP contribution is -2.58. The summed E-state index contributed by atoms with van der Waals surface area (Å²) in [5, 5.41) is 10.9. The highest BCUT2D eigenvalue weighted by molar-refractivity contribution is 5.85. The number of carbonyl (C=O) groups excluding carboxylic acids is 1. The molecule has 0 aromatic rings. The monoisotopic (exact) mass is 221 g/mol. The van der Waals surface area contributed by atoms with Gasteiger partial charge >= 0.3 is 0 Å². The molecule has 0 bridgehead atoms. The van der Waals surface area contributed by atoms with Crippen molar-refractivity contribution in [1.29, 1.82) is 0 Å². The van der Waals surface area contributed by atoms with Crippen molar-refractivity contribution >= 4 is 5.91 Å². The van der Waals surface area contributed by atoms with E-state index >= 15 is 0 Å². The minimum atomic E-state index is -0.798. The van der Waals surface area contributed by atoms with E-state index in [1.54, 1.807) is 0 Å². The molecule has 3 nitrogen and oxygen atoms in total. The average Bonchev–Trinajstić information content (AvgIpc) is 2.62. The molecule has 1 N–H and O–H groups in total. The molecule has 0 aromatic carbocycles. The Balaban J connectivity index is 2.12. The van der Waals surface area contributed by atoms with E-state index in [9.17, 15) is 9.90 Å². The third kappa shape index (κ3) is 0.915. The van der Waals surface area contributed by atoms with Crippen LogP contribution in [0.15, 0.2) is 12.2 Å². The van der Waals surface area contributed by atoms with Crippen molar-refractivity contribution in [3.8, 4) is 0 Å². The van der Waals surface area contributed by atoms with Crippen molar-refractivity contribution in [1.82, 2.24) is 4.90 Å². The molecule has 3 atom stereocenters. The van der Waals surface area contributed by atoms with E-state index in [2.05, 4.69) is 6.58 Å². The number of aliphatic hydroxyl groups is 1. The summed E-state index contributed by atoms with van der Waals surface area (Å²) in [5.41, 5.74) is 0.0881. The minimum absolute atomic E-state index is 0.148. The Kier molecular flexibility index (Phi) is 1.87. The van der Waals surface area contributed by atoms with Crippen molar-refractivity contribution in [2.75, 3.05) is 6.54 Å². The molecule has 3 aliphatic rings. The van der Waals surface area contributed by atoms with E-state index < -0.39 is 5.60 Å². The molecule has 3 fully saturated rings. The summed E-state index contributed by atoms with van der Waals surface area (Å²) < 4.78 is 0. The molecule has 1 aliphatic carbocycles. The number of carbonyl (C=O) groups is 1. The zero-order valence-electron chi connectivity index (χ0n) is 9.83. The summed E-state index contributed by atoms with van der Waals surface area (Å²) in [6, 6.07) is 0. The Bertz CT molecular complexity index is 378. The third-order valence-corrected chi connectivity index (χ3v) is 5.06. The Hall–Kier alpha value is -0.830. The Morgan fingerprint density at radius 1 is 1.50 bits per heavy atom. The summed E-state index contributed by atoms with van der Waals surface area (Å²) >= 11 is 0. The molecule has 3 rings (SSSR count). The van der Waals surface area contributed by atoms with Gasteiger partial charge in [0.1, 0.15) is 0 Å². The van der Waals surface area contributed by atoms with Gasteiger partial charge in [0.2, 0.25) is 5.91 Å². The lowest BCUT2D eigenvalue weighted by atomic mass is 9.73. The van der Waals surface area contributed by atoms with Gasteiger partial charge in [-0.15, -0.1) is 0 Å². The topological polar surface area (TPSA) is 40.5 Å². The maximum Gasteiger partial charge on any atom is 0.228 e. The highest BCUT2D eigenvalue weighted by Crippen LogP contribution is 2.57. The zero-order chi connectivity index (χ0) is 11.6. The lowest BCUT2D eigenvalue weighted by molar-refractivity contribution is -0.134. The van der Waals surface area contributed by atoms with Crippen molar-refractivity contribution in [3.63, 3.8) is 0 Å². The molecule has 1 spiro atoms. The highest BCUT2D eigenvalue weighted by atomic mass is 16.3. The molecule has 2 heterocycles. The predicted molar refractivity (Wildman–Crippen MR) is 60.8 cm³/mol. The van der Waals surface area contributed by atoms with Crippen LogP contribution in [0, 0.1) is 5.92 Å². The van der Waals surface area contributed by atoms with E-state index in [4.69, 9.17) is 0 Å². The van der Waals surface area contributed by atoms with Gasteiger partial charge in [-0.25, -0.2) is 0 Å². The quantitative estimate of drug-likeness (QED) is 0.629. The standard InChI is InChI=1S/C13H19NO2/c1-9-4-7-14-11(15)10(2)13(16)6-3-5-12(13,14)8-9/h10,16H,1,3-8H2,2H3/t10-,12+,13?/m1/s1. The van der Waals surface area contributed by atoms with Crippen LogP contribution >= 0.6 is 0 Å². The second-order valence-corrected chi connectivity index (χ2v) is 5.70. The fraction of sp³-hybridized carbons (Fsp3) is 0.769. The summed E-state index contributed by atoms with van der Waals surface area (Å²) in [6.07, 6.45) is 4.44. The summed E-state index contributed by atoms with van der Waals surface area (Å²) in [4.78, 5) is 14.2. The average molecular weight is 221 g/mol. The van der Waals surface area contributed by atoms with Crippen molar-refractivity contribution in [2.45, 2.75) is 50.2 Å². The second kappa shape index (κ2) is 2.89. The first-order chi connectivity index (χ1) is 7.51. The largest absolute Gasteiger partial charge is 0.387 e. The molecule has 1 saturated carbocycles. The SMILES string of the molecule is C=C1CCN2C(=O)[C@@H](C)C3(O)CCC[C@@]23C1. The Morgan fingerprint density at radius 2 is 2.25 bits per heavy atom. The van der Waals surface area contributed by atoms with Gasteiger partial charge in [-0.1, -0.05) is 19.1 Å². The normalized spacial score (nSPS) is 47.1. The number of hydrogen-bond acceptors (Lipinski definition) is 2. The van der Waals surface area contributed by atoms with Gasteiger partial charge in [-0.3, -0.25) is 4.79 Å². The summed E-state index contributed by atoms with van der Waals surface area (Å²) in [5.74, 6) is -0.0874. The molecule has 2 aliphatic heterocycles. The maximum absolute atomic E-state index is 12.2. The van der Waals surface area contributed by atoms with Gasteiger partial charge in [0.15, 0.2) is 0 Å². The van der Waals surface area contributed by atoms with Crippen molar-refractivity contribution in [2.24, 2.45) is 5.92 Å². The van der Waals surface area contributed by atoms with Crippen LogP contribution in [0.3, 0.4) is 0 Å². The lowest BCUT2D eigenvalue weighted by Gasteiger charge is -2.46. The summed E-state index contributed by atoms with van der Waals surface area (Å²) in [7, 11) is 0. The van der Waals surface area contributed by atoms with Crippen LogP contribution < -0.4 is 0 Å². The number of nitrogens with zero attached hydrogens (tertiary/aromatic N) is 1. The first-order valence-electron chi connectivity index (χ1n) is 6.22. The molecule has 2 saturated heterocycles. The van der Waals surface area contributed by atoms with Gasteiger partial charge in [-0.2, -0.15) is 0 Å². The molecule has 1 unspecified atom stereocenters. The van der Waals surface area contributed by atoms with E-state index in [-0.39, 0.29) is 17.4 Å². The highest BCUT2D eigenvalue weighted by Gasteiger charge is 2.68. The van der Waals surface area contributed by atoms with Crippen LogP contribution in [0.25, 0.3) is 0 Å². The molecule has 0 aromatic heterocycles. The van der Waals surface area contributed by atoms with Crippen LogP contribution in [0.1, 0.15) is 39.0 Å². The second-order valence-electron chi connectivity index (χ2n) is 5.70. The first kappa shape index (κ1) is 10.3. The Labute approximate surface area is 96.1 Å². The van der Waals surface area contributed by atoms with Crippen LogP contribution in [-0.2, 0) is 4.79 Å². The maximum atomic E-state index is 12.2. The van der Waals surface area contributed by atoms with Gasteiger partial charge in [-0.05, 0) is 32.1 Å². The fourth-order valence-corrected chi connectivity index (χ4v) is 4.17. The van der Waals surface area contributed by atoms with E-state index in [0.717, 1.165) is 38.6 Å². The number of amides is 1. The molecule has 16 heavy (non-hydrogen) atoms. The first-order valence-corrected chi connectivity index (χ1v) is 6.22. The minimum Gasteiger partial charge on any atom is -0.387 e. The summed E-state index contributed by atoms with van der Waals surface area (Å²) in [6.45, 7) is 6.70. The van der Waals surface area contributed by atoms with Crippen molar-refractivity contribution < 1.29 is 9.90 Å². The Morgan fingerprint density at radius 3 is 3.00 bits per heavy atom. The molecular weight excluding hydrogens is 202 g/mol. The number of hydrogen-bond donors (Lipinski definition) is 1. The molecule has 1 amide bonds. The smallest absolute Gasteiger partial charge is 0.228 e. The molecule has 0 radical (unpaired) electrons. The molecule has 3 heteroatoms. The van der Waals surface area contributed by atoms with E-state index in [1.165, 1.54) is 5.57 Å². The van der Waals surface area contributed by atoms with Crippen LogP contribution in [0.2, 0.25) is 0 Å². The van der Waals surface area contributed by atoms with Gasteiger partial charge in [0.25, 0.3) is 0 Å². The van der Waals surface area contributed by atoms with Crippen LogP contribution in [0.5, 0.6) is 0 Å². The third-order valence-electron chi connectivity index (χ3n) is 5.06. The molecule has 88 valence electrons.